The Morgan fingerprint density at radius 2 is 2.04 bits per heavy atom. The molecule has 0 amide bonds. The van der Waals surface area contributed by atoms with Crippen LogP contribution in [-0.2, 0) is 25.7 Å². The summed E-state index contributed by atoms with van der Waals surface area (Å²) in [4.78, 5) is 9.89. The number of thiazole rings is 1. The average molecular weight is 370 g/mol. The minimum absolute atomic E-state index is 0.164. The predicted octanol–water partition coefficient (Wildman–Crippen LogP) is 3.98. The molecule has 0 aliphatic carbocycles. The van der Waals surface area contributed by atoms with Crippen molar-refractivity contribution in [3.63, 3.8) is 0 Å². The molecule has 25 heavy (non-hydrogen) atoms. The van der Waals surface area contributed by atoms with Crippen LogP contribution in [0.3, 0.4) is 0 Å². The van der Waals surface area contributed by atoms with Gasteiger partial charge in [0.2, 0.25) is 0 Å². The average Bonchev–Trinajstić information content (AvgIpc) is 3.05. The van der Waals surface area contributed by atoms with Crippen LogP contribution in [0.2, 0.25) is 0 Å². The molecule has 0 fully saturated rings. The monoisotopic (exact) mass is 370 g/mol. The van der Waals surface area contributed by atoms with Gasteiger partial charge in [-0.2, -0.15) is 13.2 Å². The van der Waals surface area contributed by atoms with Crippen LogP contribution in [0.4, 0.5) is 13.2 Å². The molecule has 2 N–H and O–H groups in total. The van der Waals surface area contributed by atoms with E-state index in [4.69, 9.17) is 0 Å². The summed E-state index contributed by atoms with van der Waals surface area (Å²) in [5.41, 5.74) is -0.150. The number of hydrogen-bond acceptors (Lipinski definition) is 3. The maximum Gasteiger partial charge on any atom is 0.416 e. The molecule has 1 aromatic carbocycles. The molecule has 0 radical (unpaired) electrons. The summed E-state index contributed by atoms with van der Waals surface area (Å²) in [6.45, 7) is 5.36. The van der Waals surface area contributed by atoms with Crippen LogP contribution in [-0.4, -0.2) is 17.5 Å². The molecule has 0 atom stereocenters. The van der Waals surface area contributed by atoms with Gasteiger partial charge < -0.3 is 10.6 Å². The second kappa shape index (κ2) is 8.84. The molecule has 0 aliphatic rings. The number of nitrogens with one attached hydrogen (secondary N) is 2. The van der Waals surface area contributed by atoms with E-state index in [0.29, 0.717) is 24.6 Å². The van der Waals surface area contributed by atoms with Gasteiger partial charge in [0, 0.05) is 17.6 Å². The van der Waals surface area contributed by atoms with Crippen LogP contribution in [0.15, 0.2) is 35.5 Å². The molecule has 2 aromatic rings. The van der Waals surface area contributed by atoms with Gasteiger partial charge in [-0.15, -0.1) is 11.3 Å². The lowest BCUT2D eigenvalue weighted by atomic mass is 10.1. The van der Waals surface area contributed by atoms with Gasteiger partial charge in [-0.1, -0.05) is 19.1 Å². The van der Waals surface area contributed by atoms with Gasteiger partial charge in [-0.25, -0.2) is 9.98 Å². The quantitative estimate of drug-likeness (QED) is 0.597. The van der Waals surface area contributed by atoms with Crippen LogP contribution < -0.4 is 10.6 Å². The first kappa shape index (κ1) is 19.2. The highest BCUT2D eigenvalue weighted by atomic mass is 32.1. The Hall–Kier alpha value is -2.09. The molecule has 0 bridgehead atoms. The zero-order valence-corrected chi connectivity index (χ0v) is 15.0. The van der Waals surface area contributed by atoms with Gasteiger partial charge in [-0.3, -0.25) is 0 Å². The lowest BCUT2D eigenvalue weighted by Crippen LogP contribution is -2.36. The van der Waals surface area contributed by atoms with Crippen molar-refractivity contribution in [2.45, 2.75) is 39.5 Å². The van der Waals surface area contributed by atoms with E-state index in [9.17, 15) is 13.2 Å². The van der Waals surface area contributed by atoms with Crippen molar-refractivity contribution in [3.8, 4) is 0 Å². The van der Waals surface area contributed by atoms with E-state index in [1.807, 2.05) is 13.1 Å². The second-order valence-corrected chi connectivity index (χ2v) is 6.52. The normalized spacial score (nSPS) is 12.3. The van der Waals surface area contributed by atoms with Crippen molar-refractivity contribution < 1.29 is 13.2 Å². The number of nitrogens with zero attached hydrogens (tertiary/aromatic N) is 2. The highest BCUT2D eigenvalue weighted by Crippen LogP contribution is 2.29. The van der Waals surface area contributed by atoms with E-state index in [1.165, 1.54) is 10.9 Å². The van der Waals surface area contributed by atoms with Crippen LogP contribution in [0.25, 0.3) is 0 Å². The molecular formula is C17H21F3N4S. The fraction of sp³-hybridized carbons (Fsp3) is 0.412. The van der Waals surface area contributed by atoms with E-state index >= 15 is 0 Å². The molecule has 0 aliphatic heterocycles. The lowest BCUT2D eigenvalue weighted by Gasteiger charge is -2.11. The summed E-state index contributed by atoms with van der Waals surface area (Å²) >= 11 is 1.63. The summed E-state index contributed by atoms with van der Waals surface area (Å²) in [5, 5.41) is 7.18. The number of aryl methyl sites for hydroxylation is 1. The first-order valence-electron chi connectivity index (χ1n) is 8.04. The maximum atomic E-state index is 12.8. The molecule has 0 spiro atoms. The van der Waals surface area contributed by atoms with Crippen molar-refractivity contribution in [1.82, 2.24) is 15.6 Å². The Balaban J connectivity index is 2.01. The summed E-state index contributed by atoms with van der Waals surface area (Å²) in [7, 11) is 0. The van der Waals surface area contributed by atoms with Crippen molar-refractivity contribution in [2.24, 2.45) is 4.99 Å². The highest BCUT2D eigenvalue weighted by Gasteiger charge is 2.30. The van der Waals surface area contributed by atoms with Crippen LogP contribution in [0.1, 0.15) is 34.9 Å². The number of alkyl halides is 3. The van der Waals surface area contributed by atoms with Crippen molar-refractivity contribution in [3.05, 3.63) is 51.5 Å². The minimum Gasteiger partial charge on any atom is -0.357 e. The smallest absolute Gasteiger partial charge is 0.357 e. The zero-order chi connectivity index (χ0) is 18.3. The molecule has 1 aromatic heterocycles. The number of aromatic nitrogens is 1. The second-order valence-electron chi connectivity index (χ2n) is 5.32. The minimum atomic E-state index is -4.34. The summed E-state index contributed by atoms with van der Waals surface area (Å²) in [5.74, 6) is 0.549. The molecule has 136 valence electrons. The Bertz CT molecular complexity index is 710. The number of benzene rings is 1. The Morgan fingerprint density at radius 3 is 2.68 bits per heavy atom. The zero-order valence-electron chi connectivity index (χ0n) is 14.2. The van der Waals surface area contributed by atoms with E-state index in [1.54, 1.807) is 17.4 Å². The highest BCUT2D eigenvalue weighted by molar-refractivity contribution is 7.11. The number of aliphatic imine (C=N–C) groups is 1. The number of guanidine groups is 1. The maximum absolute atomic E-state index is 12.8. The number of hydrogen-bond donors (Lipinski definition) is 2. The molecule has 4 nitrogen and oxygen atoms in total. The Morgan fingerprint density at radius 1 is 1.24 bits per heavy atom. The topological polar surface area (TPSA) is 49.3 Å². The molecular weight excluding hydrogens is 349 g/mol. The van der Waals surface area contributed by atoms with Gasteiger partial charge in [0.05, 0.1) is 18.7 Å². The molecule has 2 rings (SSSR count). The number of halogens is 3. The van der Waals surface area contributed by atoms with Crippen molar-refractivity contribution >= 4 is 17.3 Å². The van der Waals surface area contributed by atoms with E-state index in [0.717, 1.165) is 23.6 Å². The van der Waals surface area contributed by atoms with E-state index in [2.05, 4.69) is 27.5 Å². The Kier molecular flexibility index (Phi) is 6.81. The van der Waals surface area contributed by atoms with Crippen molar-refractivity contribution in [2.75, 3.05) is 6.54 Å². The Labute approximate surface area is 149 Å². The molecule has 0 saturated heterocycles. The SMILES string of the molecule is CCNC(=NCc1cccc(C(F)(F)F)c1)NCc1ncc(CC)s1. The van der Waals surface area contributed by atoms with Crippen LogP contribution >= 0.6 is 11.3 Å². The standard InChI is InChI=1S/C17H21F3N4S/c1-3-14-10-22-15(25-14)11-24-16(21-4-2)23-9-12-6-5-7-13(8-12)17(18,19)20/h5-8,10H,3-4,9,11H2,1-2H3,(H2,21,23,24). The van der Waals surface area contributed by atoms with Gasteiger partial charge in [0.15, 0.2) is 5.96 Å². The van der Waals surface area contributed by atoms with Crippen molar-refractivity contribution in [1.29, 1.82) is 0 Å². The molecule has 0 saturated carbocycles. The summed E-state index contributed by atoms with van der Waals surface area (Å²) in [6.07, 6.45) is -1.54. The first-order valence-corrected chi connectivity index (χ1v) is 8.86. The van der Waals surface area contributed by atoms with Gasteiger partial charge in [0.1, 0.15) is 5.01 Å². The fourth-order valence-corrected chi connectivity index (χ4v) is 2.91. The number of rotatable bonds is 6. The largest absolute Gasteiger partial charge is 0.416 e. The molecule has 0 unspecified atom stereocenters. The third-order valence-corrected chi connectivity index (χ3v) is 4.52. The van der Waals surface area contributed by atoms with Gasteiger partial charge in [0.25, 0.3) is 0 Å². The third-order valence-electron chi connectivity index (χ3n) is 3.38. The van der Waals surface area contributed by atoms with Crippen LogP contribution in [0.5, 0.6) is 0 Å². The third kappa shape index (κ3) is 6.04. The van der Waals surface area contributed by atoms with E-state index in [-0.39, 0.29) is 6.54 Å². The summed E-state index contributed by atoms with van der Waals surface area (Å²) in [6, 6.07) is 5.22. The first-order chi connectivity index (χ1) is 11.9. The molecule has 8 heteroatoms. The fourth-order valence-electron chi connectivity index (χ4n) is 2.11. The van der Waals surface area contributed by atoms with Crippen LogP contribution in [0, 0.1) is 0 Å². The van der Waals surface area contributed by atoms with Gasteiger partial charge in [-0.05, 0) is 31.0 Å². The lowest BCUT2D eigenvalue weighted by molar-refractivity contribution is -0.137. The predicted molar refractivity (Wildman–Crippen MR) is 94.6 cm³/mol. The van der Waals surface area contributed by atoms with Gasteiger partial charge >= 0.3 is 6.18 Å². The summed E-state index contributed by atoms with van der Waals surface area (Å²) < 4.78 is 38.3. The molecule has 1 heterocycles. The van der Waals surface area contributed by atoms with E-state index < -0.39 is 11.7 Å².